The van der Waals surface area contributed by atoms with Crippen molar-refractivity contribution in [1.82, 2.24) is 30.4 Å². The molecule has 8 rings (SSSR count). The molecule has 2 aromatic heterocycles. The number of hydrogen-bond acceptors (Lipinski definition) is 10. The minimum Gasteiger partial charge on any atom is -0.472 e. The summed E-state index contributed by atoms with van der Waals surface area (Å²) in [6.45, 7) is 1.49. The molecule has 2 saturated carbocycles. The fourth-order valence-electron chi connectivity index (χ4n) is 8.08. The number of rotatable bonds is 7. The van der Waals surface area contributed by atoms with Crippen LogP contribution in [0.4, 0.5) is 8.78 Å². The summed E-state index contributed by atoms with van der Waals surface area (Å²) in [6, 6.07) is 14.0. The second kappa shape index (κ2) is 14.4. The van der Waals surface area contributed by atoms with Gasteiger partial charge in [-0.2, -0.15) is 0 Å². The predicted molar refractivity (Wildman–Crippen MR) is 198 cm³/mol. The van der Waals surface area contributed by atoms with Crippen molar-refractivity contribution in [3.05, 3.63) is 66.1 Å². The molecule has 4 aliphatic rings. The Morgan fingerprint density at radius 1 is 0.982 bits per heavy atom. The molecule has 56 heavy (non-hydrogen) atoms. The van der Waals surface area contributed by atoms with Crippen LogP contribution < -0.4 is 20.1 Å². The van der Waals surface area contributed by atoms with Crippen LogP contribution in [0.25, 0.3) is 21.7 Å². The van der Waals surface area contributed by atoms with E-state index in [0.29, 0.717) is 42.3 Å². The van der Waals surface area contributed by atoms with Crippen LogP contribution in [-0.4, -0.2) is 88.5 Å². The number of halogens is 2. The lowest BCUT2D eigenvalue weighted by Crippen LogP contribution is -2.58. The number of carbonyl (C=O) groups is 4. The minimum atomic E-state index is -4.08. The number of aryl methyl sites for hydroxylation is 1. The van der Waals surface area contributed by atoms with Crippen LogP contribution >= 0.6 is 0 Å². The van der Waals surface area contributed by atoms with Crippen molar-refractivity contribution in [2.24, 2.45) is 5.92 Å². The minimum absolute atomic E-state index is 0.0640. The van der Waals surface area contributed by atoms with E-state index in [4.69, 9.17) is 14.2 Å². The fourth-order valence-corrected chi connectivity index (χ4v) is 9.44. The van der Waals surface area contributed by atoms with Crippen molar-refractivity contribution >= 4 is 55.3 Å². The Balaban J connectivity index is 1.14. The number of carbonyl (C=O) groups excluding carboxylic acids is 4. The Labute approximate surface area is 321 Å². The van der Waals surface area contributed by atoms with Gasteiger partial charge in [0, 0.05) is 36.1 Å². The molecule has 17 heteroatoms. The summed E-state index contributed by atoms with van der Waals surface area (Å²) in [5, 5.41) is 10.8. The van der Waals surface area contributed by atoms with Crippen LogP contribution in [-0.2, 0) is 24.4 Å². The SMILES string of the molecule is Cc1cc(C(=O)N[C@H]2CCCCCC(F)(F)C[C@@H]3C[C@@]3(C(=O)NS(=O)(=O)C3CC3)NC(=O)[C@@H]3C[C@@H](Oc4nc5ccccc5c5ccccc45)CN3C2=O)no1. The third-order valence-corrected chi connectivity index (χ3v) is 13.1. The molecule has 5 atom stereocenters. The number of para-hydroxylation sites is 1. The first-order valence-electron chi connectivity index (χ1n) is 19.0. The molecular weight excluding hydrogens is 751 g/mol. The summed E-state index contributed by atoms with van der Waals surface area (Å²) in [4.78, 5) is 62.1. The highest BCUT2D eigenvalue weighted by atomic mass is 32.2. The molecule has 0 spiro atoms. The molecule has 4 heterocycles. The number of amides is 4. The topological polar surface area (TPSA) is 190 Å². The Kier molecular flexibility index (Phi) is 9.69. The standard InChI is InChI=1S/C39H42F2N6O8S/c1-22-17-31(45-55-22)33(48)42-30-13-3-2-8-16-38(40,41)19-23-20-39(23,37(51)46-56(52,53)25-14-15-25)44-34(49)32-18-24(21-47(32)36(30)50)54-35-28-11-5-4-9-26(28)27-10-6-7-12-29(27)43-35/h4-7,9-12,17,23-25,30,32H,2-3,8,13-16,18-21H2,1H3,(H,42,48)(H,44,49)(H,46,51)/t23-,24-,30+,32+,39-/m1/s1. The van der Waals surface area contributed by atoms with Crippen molar-refractivity contribution in [3.8, 4) is 5.88 Å². The first-order valence-corrected chi connectivity index (χ1v) is 20.5. The van der Waals surface area contributed by atoms with Crippen LogP contribution in [0, 0.1) is 12.8 Å². The van der Waals surface area contributed by atoms with Gasteiger partial charge in [0.05, 0.1) is 17.3 Å². The van der Waals surface area contributed by atoms with Gasteiger partial charge in [-0.05, 0) is 62.5 Å². The van der Waals surface area contributed by atoms with Crippen LogP contribution in [0.2, 0.25) is 0 Å². The van der Waals surface area contributed by atoms with E-state index in [1.807, 2.05) is 53.3 Å². The summed E-state index contributed by atoms with van der Waals surface area (Å²) in [7, 11) is -4.08. The van der Waals surface area contributed by atoms with Gasteiger partial charge in [0.15, 0.2) is 5.69 Å². The van der Waals surface area contributed by atoms with Gasteiger partial charge in [0.25, 0.3) is 11.8 Å². The third-order valence-electron chi connectivity index (χ3n) is 11.3. The van der Waals surface area contributed by atoms with E-state index in [1.165, 1.54) is 11.0 Å². The zero-order valence-electron chi connectivity index (χ0n) is 30.6. The van der Waals surface area contributed by atoms with E-state index in [9.17, 15) is 27.6 Å². The van der Waals surface area contributed by atoms with Crippen molar-refractivity contribution in [3.63, 3.8) is 0 Å². The maximum Gasteiger partial charge on any atom is 0.274 e. The molecule has 2 aliphatic carbocycles. The van der Waals surface area contributed by atoms with Gasteiger partial charge in [-0.1, -0.05) is 54.4 Å². The number of pyridine rings is 1. The Morgan fingerprint density at radius 3 is 2.45 bits per heavy atom. The average Bonchev–Trinajstić information content (AvgIpc) is 4.04. The van der Waals surface area contributed by atoms with Crippen LogP contribution in [0.5, 0.6) is 5.88 Å². The highest BCUT2D eigenvalue weighted by molar-refractivity contribution is 7.91. The predicted octanol–water partition coefficient (Wildman–Crippen LogP) is 4.30. The van der Waals surface area contributed by atoms with Gasteiger partial charge >= 0.3 is 0 Å². The van der Waals surface area contributed by atoms with Gasteiger partial charge < -0.3 is 24.8 Å². The highest BCUT2D eigenvalue weighted by Crippen LogP contribution is 2.51. The van der Waals surface area contributed by atoms with E-state index in [2.05, 4.69) is 15.8 Å². The van der Waals surface area contributed by atoms with Crippen molar-refractivity contribution in [2.45, 2.75) is 106 Å². The third kappa shape index (κ3) is 7.52. The first-order chi connectivity index (χ1) is 26.7. The van der Waals surface area contributed by atoms with Crippen LogP contribution in [0.15, 0.2) is 59.1 Å². The summed E-state index contributed by atoms with van der Waals surface area (Å²) < 4.78 is 70.1. The van der Waals surface area contributed by atoms with Crippen molar-refractivity contribution in [1.29, 1.82) is 0 Å². The second-order valence-electron chi connectivity index (χ2n) is 15.5. The normalized spacial score (nSPS) is 27.0. The summed E-state index contributed by atoms with van der Waals surface area (Å²) in [5.41, 5.74) is -1.34. The molecule has 0 bridgehead atoms. The van der Waals surface area contributed by atoms with E-state index in [1.54, 1.807) is 6.92 Å². The maximum atomic E-state index is 15.4. The van der Waals surface area contributed by atoms with Crippen LogP contribution in [0.3, 0.4) is 0 Å². The largest absolute Gasteiger partial charge is 0.472 e. The second-order valence-corrected chi connectivity index (χ2v) is 17.5. The number of benzene rings is 2. The molecule has 0 radical (unpaired) electrons. The monoisotopic (exact) mass is 792 g/mol. The number of alkyl halides is 2. The van der Waals surface area contributed by atoms with Gasteiger partial charge in [-0.15, -0.1) is 0 Å². The molecule has 2 aromatic carbocycles. The number of nitrogens with zero attached hydrogens (tertiary/aromatic N) is 3. The lowest BCUT2D eigenvalue weighted by atomic mass is 10.00. The summed E-state index contributed by atoms with van der Waals surface area (Å²) in [6.07, 6.45) is -0.839. The molecule has 296 valence electrons. The molecule has 4 aromatic rings. The van der Waals surface area contributed by atoms with Crippen LogP contribution in [0.1, 0.15) is 80.5 Å². The smallest absolute Gasteiger partial charge is 0.274 e. The van der Waals surface area contributed by atoms with E-state index in [0.717, 1.165) is 10.8 Å². The lowest BCUT2D eigenvalue weighted by molar-refractivity contribution is -0.141. The Bertz CT molecular complexity index is 2330. The Hall–Kier alpha value is -5.19. The molecule has 2 saturated heterocycles. The molecule has 2 aliphatic heterocycles. The van der Waals surface area contributed by atoms with Gasteiger partial charge in [-0.25, -0.2) is 22.2 Å². The maximum absolute atomic E-state index is 15.4. The van der Waals surface area contributed by atoms with E-state index >= 15 is 8.78 Å². The number of ether oxygens (including phenoxy) is 1. The summed E-state index contributed by atoms with van der Waals surface area (Å²) in [5.74, 6) is -6.85. The van der Waals surface area contributed by atoms with Crippen molar-refractivity contribution < 1.29 is 45.6 Å². The molecule has 14 nitrogen and oxygen atoms in total. The quantitative estimate of drug-likeness (QED) is 0.228. The van der Waals surface area contributed by atoms with E-state index < -0.39 is 87.3 Å². The van der Waals surface area contributed by atoms with Gasteiger partial charge in [0.2, 0.25) is 33.6 Å². The average molecular weight is 793 g/mol. The molecule has 3 N–H and O–H groups in total. The molecule has 4 fully saturated rings. The lowest BCUT2D eigenvalue weighted by Gasteiger charge is -2.30. The number of hydrogen-bond donors (Lipinski definition) is 3. The van der Waals surface area contributed by atoms with Crippen molar-refractivity contribution in [2.75, 3.05) is 6.54 Å². The van der Waals surface area contributed by atoms with Gasteiger partial charge in [0.1, 0.15) is 29.5 Å². The molecular formula is C39H42F2N6O8S. The highest BCUT2D eigenvalue weighted by Gasteiger charge is 2.65. The molecule has 4 amide bonds. The van der Waals surface area contributed by atoms with Gasteiger partial charge in [-0.3, -0.25) is 23.9 Å². The van der Waals surface area contributed by atoms with E-state index in [-0.39, 0.29) is 43.8 Å². The zero-order chi connectivity index (χ0) is 39.4. The number of fused-ring (bicyclic) bond motifs is 5. The Morgan fingerprint density at radius 2 is 1.71 bits per heavy atom. The zero-order valence-corrected chi connectivity index (χ0v) is 31.4. The number of sulfonamides is 1. The first kappa shape index (κ1) is 37.7. The fraction of sp³-hybridized carbons (Fsp3) is 0.487. The summed E-state index contributed by atoms with van der Waals surface area (Å²) >= 11 is 0. The molecule has 0 unspecified atom stereocenters. The number of aromatic nitrogens is 2. The number of nitrogens with one attached hydrogen (secondary N) is 3.